The maximum atomic E-state index is 13.0. The van der Waals surface area contributed by atoms with Gasteiger partial charge in [0.25, 0.3) is 5.88 Å². The molecule has 2 aromatic rings. The highest BCUT2D eigenvalue weighted by atomic mass is 19.4. The van der Waals surface area contributed by atoms with E-state index in [4.69, 9.17) is 0 Å². The van der Waals surface area contributed by atoms with Crippen molar-refractivity contribution in [1.82, 2.24) is 0 Å². The Balaban J connectivity index is 1.78. The third kappa shape index (κ3) is 2.41. The van der Waals surface area contributed by atoms with Crippen molar-refractivity contribution < 1.29 is 23.6 Å². The molecule has 2 aliphatic rings. The number of para-hydroxylation sites is 1. The average molecular weight is 349 g/mol. The number of aliphatic hydroxyl groups excluding tert-OH is 1. The average Bonchev–Trinajstić information content (AvgIpc) is 2.85. The molecule has 0 saturated carbocycles. The lowest BCUT2D eigenvalue weighted by Gasteiger charge is -2.36. The first-order chi connectivity index (χ1) is 11.9. The topological polar surface area (TPSA) is 54.2 Å². The fraction of sp³-hybridized carbons (Fsp3) is 0.176. The molecule has 2 aromatic carbocycles. The van der Waals surface area contributed by atoms with E-state index in [-0.39, 0.29) is 11.6 Å². The van der Waals surface area contributed by atoms with E-state index in [1.165, 1.54) is 17.1 Å². The van der Waals surface area contributed by atoms with Crippen LogP contribution >= 0.6 is 0 Å². The summed E-state index contributed by atoms with van der Waals surface area (Å²) in [5.74, 6) is -0.321. The quantitative estimate of drug-likeness (QED) is 0.778. The Morgan fingerprint density at radius 1 is 1.00 bits per heavy atom. The molecule has 0 fully saturated rings. The first kappa shape index (κ1) is 15.8. The number of halogens is 3. The molecule has 0 aromatic heterocycles. The molecule has 1 atom stereocenters. The van der Waals surface area contributed by atoms with Crippen molar-refractivity contribution in [2.24, 2.45) is 0 Å². The summed E-state index contributed by atoms with van der Waals surface area (Å²) in [5.41, 5.74) is 1.12. The van der Waals surface area contributed by atoms with E-state index in [2.05, 4.69) is 0 Å². The van der Waals surface area contributed by atoms with Crippen LogP contribution in [0.15, 0.2) is 60.1 Å². The molecule has 1 unspecified atom stereocenters. The Morgan fingerprint density at radius 3 is 2.52 bits per heavy atom. The molecular formula is C17H14F3N3O2. The van der Waals surface area contributed by atoms with Gasteiger partial charge in [-0.25, -0.2) is 0 Å². The van der Waals surface area contributed by atoms with Crippen LogP contribution in [0, 0.1) is 5.21 Å². The Morgan fingerprint density at radius 2 is 1.76 bits per heavy atom. The van der Waals surface area contributed by atoms with Gasteiger partial charge in [-0.2, -0.15) is 23.5 Å². The molecule has 0 aliphatic carbocycles. The first-order valence-corrected chi connectivity index (χ1v) is 7.69. The van der Waals surface area contributed by atoms with Crippen molar-refractivity contribution in [2.45, 2.75) is 19.0 Å². The minimum atomic E-state index is -4.53. The minimum absolute atomic E-state index is 0.0169. The van der Waals surface area contributed by atoms with E-state index in [0.29, 0.717) is 24.2 Å². The number of aliphatic hydroxyl groups is 1. The second-order valence-electron chi connectivity index (χ2n) is 5.90. The number of benzene rings is 2. The fourth-order valence-corrected chi connectivity index (χ4v) is 3.25. The molecule has 0 spiro atoms. The number of quaternary nitrogens is 1. The van der Waals surface area contributed by atoms with E-state index < -0.39 is 17.0 Å². The maximum Gasteiger partial charge on any atom is 0.416 e. The molecule has 8 heteroatoms. The number of aryl methyl sites for hydroxylation is 1. The summed E-state index contributed by atoms with van der Waals surface area (Å²) < 4.78 is 38.9. The third-order valence-electron chi connectivity index (χ3n) is 4.42. The van der Waals surface area contributed by atoms with Crippen LogP contribution in [0.3, 0.4) is 0 Å². The fourth-order valence-electron chi connectivity index (χ4n) is 3.25. The highest BCUT2D eigenvalue weighted by Gasteiger charge is 2.42. The van der Waals surface area contributed by atoms with Gasteiger partial charge in [-0.05, 0) is 36.2 Å². The number of nitrogens with one attached hydrogen (secondary N) is 1. The smallest absolute Gasteiger partial charge is 0.416 e. The van der Waals surface area contributed by atoms with Crippen LogP contribution in [0.1, 0.15) is 17.5 Å². The summed E-state index contributed by atoms with van der Waals surface area (Å²) >= 11 is 0. The number of hydrogen-bond acceptors (Lipinski definition) is 4. The number of nitrogens with zero attached hydrogens (tertiary/aromatic N) is 2. The minimum Gasteiger partial charge on any atom is -0.581 e. The maximum absolute atomic E-state index is 13.0. The van der Waals surface area contributed by atoms with E-state index in [9.17, 15) is 23.5 Å². The van der Waals surface area contributed by atoms with Gasteiger partial charge in [0.15, 0.2) is 0 Å². The van der Waals surface area contributed by atoms with Gasteiger partial charge in [0.1, 0.15) is 17.1 Å². The molecule has 0 saturated heterocycles. The van der Waals surface area contributed by atoms with Crippen molar-refractivity contribution in [1.29, 1.82) is 0 Å². The summed E-state index contributed by atoms with van der Waals surface area (Å²) in [5, 5.41) is 25.0. The second kappa shape index (κ2) is 5.40. The highest BCUT2D eigenvalue weighted by Crippen LogP contribution is 2.36. The Bertz CT molecular complexity index is 866. The van der Waals surface area contributed by atoms with Crippen LogP contribution < -0.4 is 15.3 Å². The first-order valence-electron chi connectivity index (χ1n) is 7.69. The summed E-state index contributed by atoms with van der Waals surface area (Å²) in [6.07, 6.45) is -3.44. The zero-order chi connectivity index (χ0) is 17.8. The Labute approximate surface area is 141 Å². The van der Waals surface area contributed by atoms with E-state index in [1.54, 1.807) is 12.1 Å². The van der Waals surface area contributed by atoms with Gasteiger partial charge in [0, 0.05) is 6.42 Å². The predicted molar refractivity (Wildman–Crippen MR) is 85.1 cm³/mol. The number of allylic oxidation sites excluding steroid dienone is 1. The summed E-state index contributed by atoms with van der Waals surface area (Å²) in [4.78, 5) is 0. The molecule has 2 aliphatic heterocycles. The molecule has 5 nitrogen and oxygen atoms in total. The molecule has 4 rings (SSSR count). The van der Waals surface area contributed by atoms with Gasteiger partial charge < -0.3 is 10.3 Å². The van der Waals surface area contributed by atoms with Crippen LogP contribution in [0.4, 0.5) is 24.5 Å². The molecule has 0 radical (unpaired) electrons. The van der Waals surface area contributed by atoms with E-state index in [0.717, 1.165) is 22.7 Å². The molecule has 2 heterocycles. The predicted octanol–water partition coefficient (Wildman–Crippen LogP) is 2.92. The SMILES string of the molecule is [O-][NH+]1N(c2cccc(C(F)(F)F)c2)C(O)=C2CCc3ccccc3N21. The zero-order valence-electron chi connectivity index (χ0n) is 12.9. The van der Waals surface area contributed by atoms with Crippen molar-refractivity contribution >= 4 is 11.4 Å². The molecule has 2 N–H and O–H groups in total. The van der Waals surface area contributed by atoms with Crippen molar-refractivity contribution in [3.05, 3.63) is 76.4 Å². The van der Waals surface area contributed by atoms with E-state index in [1.807, 2.05) is 12.1 Å². The van der Waals surface area contributed by atoms with Crippen LogP contribution in [0.25, 0.3) is 0 Å². The van der Waals surface area contributed by atoms with Gasteiger partial charge in [0.2, 0.25) is 0 Å². The summed E-state index contributed by atoms with van der Waals surface area (Å²) in [6.45, 7) is 0. The number of fused-ring (bicyclic) bond motifs is 3. The Kier molecular flexibility index (Phi) is 3.41. The largest absolute Gasteiger partial charge is 0.581 e. The van der Waals surface area contributed by atoms with Crippen LogP contribution in [0.5, 0.6) is 0 Å². The zero-order valence-corrected chi connectivity index (χ0v) is 12.9. The molecule has 0 bridgehead atoms. The van der Waals surface area contributed by atoms with Gasteiger partial charge in [-0.15, -0.1) is 5.01 Å². The number of alkyl halides is 3. The molecule has 130 valence electrons. The monoisotopic (exact) mass is 349 g/mol. The lowest BCUT2D eigenvalue weighted by Crippen LogP contribution is -3.19. The van der Waals surface area contributed by atoms with Gasteiger partial charge in [0.05, 0.1) is 5.56 Å². The van der Waals surface area contributed by atoms with Crippen LogP contribution in [-0.4, -0.2) is 5.11 Å². The standard InChI is InChI=1S/C17H14F3N3O2/c18-17(19,20)12-5-3-6-13(10-12)21-16(24)15-9-8-11-4-1-2-7-14(11)22(15)23(21)25/h1-7,10,23-24H,8-9H2. The van der Waals surface area contributed by atoms with Gasteiger partial charge in [-0.1, -0.05) is 24.3 Å². The highest BCUT2D eigenvalue weighted by molar-refractivity contribution is 5.62. The lowest BCUT2D eigenvalue weighted by molar-refractivity contribution is -0.854. The van der Waals surface area contributed by atoms with Gasteiger partial charge in [-0.3, -0.25) is 0 Å². The Hall–Kier alpha value is -2.71. The van der Waals surface area contributed by atoms with Crippen molar-refractivity contribution in [3.63, 3.8) is 0 Å². The summed E-state index contributed by atoms with van der Waals surface area (Å²) in [6, 6.07) is 11.7. The molecule has 0 amide bonds. The van der Waals surface area contributed by atoms with Gasteiger partial charge >= 0.3 is 6.18 Å². The summed E-state index contributed by atoms with van der Waals surface area (Å²) in [7, 11) is 0. The van der Waals surface area contributed by atoms with Crippen molar-refractivity contribution in [3.8, 4) is 0 Å². The number of hydrogen-bond donors (Lipinski definition) is 2. The normalized spacial score (nSPS) is 19.9. The lowest BCUT2D eigenvalue weighted by atomic mass is 10.0. The molecule has 25 heavy (non-hydrogen) atoms. The number of rotatable bonds is 1. The second-order valence-corrected chi connectivity index (χ2v) is 5.90. The van der Waals surface area contributed by atoms with E-state index >= 15 is 0 Å². The number of anilines is 2. The van der Waals surface area contributed by atoms with Crippen molar-refractivity contribution in [2.75, 3.05) is 10.0 Å². The molecular weight excluding hydrogens is 335 g/mol. The third-order valence-corrected chi connectivity index (χ3v) is 4.42. The van der Waals surface area contributed by atoms with Crippen LogP contribution in [-0.2, 0) is 12.6 Å². The van der Waals surface area contributed by atoms with Crippen LogP contribution in [0.2, 0.25) is 0 Å².